The second-order valence-corrected chi connectivity index (χ2v) is 8.46. The topological polar surface area (TPSA) is 69.6 Å². The number of benzene rings is 1. The minimum absolute atomic E-state index is 0.138. The number of piperidine rings is 1. The summed E-state index contributed by atoms with van der Waals surface area (Å²) in [6, 6.07) is 10.3. The number of nitrogens with zero attached hydrogens (tertiary/aromatic N) is 3. The molecule has 0 aliphatic carbocycles. The van der Waals surface area contributed by atoms with E-state index < -0.39 is 0 Å². The summed E-state index contributed by atoms with van der Waals surface area (Å²) < 4.78 is 0. The second-order valence-electron chi connectivity index (χ2n) is 7.37. The zero-order valence-corrected chi connectivity index (χ0v) is 18.4. The minimum Gasteiger partial charge on any atom is -0.359 e. The van der Waals surface area contributed by atoms with Crippen LogP contribution in [0.25, 0.3) is 10.6 Å². The first-order valence-electron chi connectivity index (χ1n) is 10.4. The van der Waals surface area contributed by atoms with Gasteiger partial charge in [-0.15, -0.1) is 11.3 Å². The molecule has 0 saturated carbocycles. The maximum atomic E-state index is 11.6. The summed E-state index contributed by atoms with van der Waals surface area (Å²) in [5.74, 6) is 1.56. The summed E-state index contributed by atoms with van der Waals surface area (Å²) in [5, 5.41) is 7.21. The zero-order chi connectivity index (χ0) is 20.6. The van der Waals surface area contributed by atoms with Crippen LogP contribution in [0.2, 0.25) is 0 Å². The van der Waals surface area contributed by atoms with Crippen LogP contribution in [0.3, 0.4) is 0 Å². The van der Waals surface area contributed by atoms with Gasteiger partial charge in [0.25, 0.3) is 0 Å². The highest BCUT2D eigenvalue weighted by atomic mass is 32.1. The van der Waals surface area contributed by atoms with Crippen LogP contribution in [0.1, 0.15) is 36.8 Å². The summed E-state index contributed by atoms with van der Waals surface area (Å²) in [6.07, 6.45) is 2.67. The number of carbonyl (C=O) groups is 1. The van der Waals surface area contributed by atoms with E-state index in [2.05, 4.69) is 41.5 Å². The fourth-order valence-electron chi connectivity index (χ4n) is 3.56. The van der Waals surface area contributed by atoms with Crippen molar-refractivity contribution in [3.8, 4) is 10.6 Å². The number of aliphatic imine (C=N–C) groups is 1. The van der Waals surface area contributed by atoms with Crippen molar-refractivity contribution in [2.75, 3.05) is 26.7 Å². The van der Waals surface area contributed by atoms with E-state index in [-0.39, 0.29) is 5.91 Å². The van der Waals surface area contributed by atoms with E-state index in [1.807, 2.05) is 18.2 Å². The average molecular weight is 414 g/mol. The standard InChI is InChI=1S/C22H31N5OS/c1-4-24-22(27-12-10-17(11-13-27)14-20(28)23-3)25-15-19-16(2)26-21(29-19)18-8-6-5-7-9-18/h5-9,17H,4,10-15H2,1-3H3,(H,23,28)(H,24,25). The van der Waals surface area contributed by atoms with Gasteiger partial charge in [-0.1, -0.05) is 30.3 Å². The number of hydrogen-bond acceptors (Lipinski definition) is 4. The van der Waals surface area contributed by atoms with Gasteiger partial charge in [0.2, 0.25) is 5.91 Å². The van der Waals surface area contributed by atoms with Crippen molar-refractivity contribution in [3.05, 3.63) is 40.9 Å². The molecule has 1 aromatic heterocycles. The number of thiazole rings is 1. The number of rotatable bonds is 6. The fourth-order valence-corrected chi connectivity index (χ4v) is 4.56. The maximum absolute atomic E-state index is 11.6. The van der Waals surface area contributed by atoms with Crippen LogP contribution < -0.4 is 10.6 Å². The number of likely N-dealkylation sites (tertiary alicyclic amines) is 1. The van der Waals surface area contributed by atoms with Crippen molar-refractivity contribution in [1.29, 1.82) is 0 Å². The monoisotopic (exact) mass is 413 g/mol. The van der Waals surface area contributed by atoms with Crippen molar-refractivity contribution in [3.63, 3.8) is 0 Å². The van der Waals surface area contributed by atoms with E-state index in [0.717, 1.165) is 54.7 Å². The highest BCUT2D eigenvalue weighted by molar-refractivity contribution is 7.15. The Morgan fingerprint density at radius 1 is 1.28 bits per heavy atom. The quantitative estimate of drug-likeness (QED) is 0.562. The molecule has 1 aromatic carbocycles. The molecule has 1 fully saturated rings. The Balaban J connectivity index is 1.64. The Morgan fingerprint density at radius 2 is 2.00 bits per heavy atom. The molecule has 6 nitrogen and oxygen atoms in total. The maximum Gasteiger partial charge on any atom is 0.220 e. The van der Waals surface area contributed by atoms with E-state index in [9.17, 15) is 4.79 Å². The molecule has 3 rings (SSSR count). The number of carbonyl (C=O) groups excluding carboxylic acids is 1. The van der Waals surface area contributed by atoms with Crippen LogP contribution in [0.5, 0.6) is 0 Å². The third-order valence-electron chi connectivity index (χ3n) is 5.29. The third kappa shape index (κ3) is 5.79. The molecule has 1 aliphatic rings. The molecule has 2 aromatic rings. The molecule has 7 heteroatoms. The molecule has 29 heavy (non-hydrogen) atoms. The Hall–Kier alpha value is -2.41. The van der Waals surface area contributed by atoms with E-state index in [1.165, 1.54) is 4.88 Å². The number of nitrogens with one attached hydrogen (secondary N) is 2. The van der Waals surface area contributed by atoms with Gasteiger partial charge < -0.3 is 15.5 Å². The molecule has 0 radical (unpaired) electrons. The summed E-state index contributed by atoms with van der Waals surface area (Å²) in [4.78, 5) is 24.8. The van der Waals surface area contributed by atoms with Gasteiger partial charge in [-0.2, -0.15) is 0 Å². The molecular formula is C22H31N5OS. The van der Waals surface area contributed by atoms with Crippen LogP contribution in [0.15, 0.2) is 35.3 Å². The molecule has 156 valence electrons. The van der Waals surface area contributed by atoms with Gasteiger partial charge >= 0.3 is 0 Å². The van der Waals surface area contributed by atoms with Gasteiger partial charge in [0, 0.05) is 43.5 Å². The number of amides is 1. The van der Waals surface area contributed by atoms with Gasteiger partial charge in [-0.05, 0) is 32.6 Å². The van der Waals surface area contributed by atoms with Gasteiger partial charge in [-0.25, -0.2) is 9.98 Å². The van der Waals surface area contributed by atoms with Gasteiger partial charge in [-0.3, -0.25) is 4.79 Å². The lowest BCUT2D eigenvalue weighted by atomic mass is 9.93. The highest BCUT2D eigenvalue weighted by Crippen LogP contribution is 2.28. The molecule has 1 saturated heterocycles. The molecule has 0 bridgehead atoms. The molecule has 0 spiro atoms. The van der Waals surface area contributed by atoms with Crippen LogP contribution >= 0.6 is 11.3 Å². The largest absolute Gasteiger partial charge is 0.359 e. The molecule has 2 heterocycles. The summed E-state index contributed by atoms with van der Waals surface area (Å²) in [5.41, 5.74) is 2.21. The van der Waals surface area contributed by atoms with Crippen molar-refractivity contribution < 1.29 is 4.79 Å². The first-order valence-corrected chi connectivity index (χ1v) is 11.2. The van der Waals surface area contributed by atoms with Gasteiger partial charge in [0.1, 0.15) is 5.01 Å². The Bertz CT molecular complexity index is 825. The van der Waals surface area contributed by atoms with Crippen LogP contribution in [0, 0.1) is 12.8 Å². The Labute approximate surface area is 177 Å². The fraction of sp³-hybridized carbons (Fsp3) is 0.500. The lowest BCUT2D eigenvalue weighted by molar-refractivity contribution is -0.121. The molecule has 1 aliphatic heterocycles. The van der Waals surface area contributed by atoms with Crippen molar-refractivity contribution in [2.24, 2.45) is 10.9 Å². The summed E-state index contributed by atoms with van der Waals surface area (Å²) in [6.45, 7) is 7.50. The van der Waals surface area contributed by atoms with Gasteiger partial charge in [0.05, 0.1) is 12.2 Å². The second kappa shape index (κ2) is 10.4. The summed E-state index contributed by atoms with van der Waals surface area (Å²) in [7, 11) is 1.71. The number of hydrogen-bond donors (Lipinski definition) is 2. The van der Waals surface area contributed by atoms with E-state index in [4.69, 9.17) is 9.98 Å². The van der Waals surface area contributed by atoms with Crippen molar-refractivity contribution in [2.45, 2.75) is 39.7 Å². The molecular weight excluding hydrogens is 382 g/mol. The number of aromatic nitrogens is 1. The molecule has 0 atom stereocenters. The number of aryl methyl sites for hydroxylation is 1. The van der Waals surface area contributed by atoms with Crippen molar-refractivity contribution >= 4 is 23.2 Å². The van der Waals surface area contributed by atoms with Crippen LogP contribution in [-0.2, 0) is 11.3 Å². The van der Waals surface area contributed by atoms with E-state index in [0.29, 0.717) is 18.9 Å². The normalized spacial score (nSPS) is 15.4. The highest BCUT2D eigenvalue weighted by Gasteiger charge is 2.23. The Morgan fingerprint density at radius 3 is 2.66 bits per heavy atom. The van der Waals surface area contributed by atoms with E-state index >= 15 is 0 Å². The lowest BCUT2D eigenvalue weighted by Gasteiger charge is -2.34. The first kappa shape index (κ1) is 21.3. The predicted molar refractivity (Wildman–Crippen MR) is 120 cm³/mol. The lowest BCUT2D eigenvalue weighted by Crippen LogP contribution is -2.46. The SMILES string of the molecule is CCNC(=NCc1sc(-c2ccccc2)nc1C)N1CCC(CC(=O)NC)CC1. The zero-order valence-electron chi connectivity index (χ0n) is 17.6. The molecule has 1 amide bonds. The average Bonchev–Trinajstić information content (AvgIpc) is 3.13. The third-order valence-corrected chi connectivity index (χ3v) is 6.48. The first-order chi connectivity index (χ1) is 14.1. The minimum atomic E-state index is 0.138. The molecule has 2 N–H and O–H groups in total. The molecule has 0 unspecified atom stereocenters. The Kier molecular flexibility index (Phi) is 7.63. The van der Waals surface area contributed by atoms with Crippen LogP contribution in [0.4, 0.5) is 0 Å². The van der Waals surface area contributed by atoms with E-state index in [1.54, 1.807) is 18.4 Å². The predicted octanol–water partition coefficient (Wildman–Crippen LogP) is 3.43. The number of guanidine groups is 1. The van der Waals surface area contributed by atoms with Crippen molar-refractivity contribution in [1.82, 2.24) is 20.5 Å². The van der Waals surface area contributed by atoms with Crippen LogP contribution in [-0.4, -0.2) is 48.4 Å². The summed E-state index contributed by atoms with van der Waals surface area (Å²) >= 11 is 1.72. The smallest absolute Gasteiger partial charge is 0.220 e. The van der Waals surface area contributed by atoms with Gasteiger partial charge in [0.15, 0.2) is 5.96 Å².